The van der Waals surface area contributed by atoms with Crippen molar-refractivity contribution in [3.63, 3.8) is 0 Å². The summed E-state index contributed by atoms with van der Waals surface area (Å²) in [4.78, 5) is 14.6. The van der Waals surface area contributed by atoms with E-state index in [2.05, 4.69) is 33.1 Å². The summed E-state index contributed by atoms with van der Waals surface area (Å²) in [7, 11) is -4.38. The van der Waals surface area contributed by atoms with Gasteiger partial charge in [-0.1, -0.05) is 36.2 Å². The number of amides is 1. The van der Waals surface area contributed by atoms with Crippen LogP contribution in [-0.2, 0) is 34.0 Å². The summed E-state index contributed by atoms with van der Waals surface area (Å²) in [6.07, 6.45) is 1.54. The number of aryl methyl sites for hydroxylation is 1. The molecule has 1 aliphatic heterocycles. The number of piperidine rings is 1. The number of likely N-dealkylation sites (tertiary alicyclic amines) is 1. The highest BCUT2D eigenvalue weighted by Crippen LogP contribution is 2.34. The molecule has 4 rings (SSSR count). The van der Waals surface area contributed by atoms with E-state index in [-0.39, 0.29) is 23.4 Å². The molecule has 1 amide bonds. The number of rotatable bonds is 8. The molecule has 6 nitrogen and oxygen atoms in total. The van der Waals surface area contributed by atoms with E-state index in [1.165, 1.54) is 37.3 Å². The third kappa shape index (κ3) is 7.28. The summed E-state index contributed by atoms with van der Waals surface area (Å²) in [5, 5.41) is 2.68. The standard InChI is InChI=1S/C27H33ClF3N3O3S/c1-18(33-38(36,37)25-16-21(27(29,30)31)9-11-23(25)28)14-26(35)32-24-7-5-6-20-15-19(8-10-22(20)24)17-34-12-3-2-4-13-34/h8-11,15-16,18,24,33H,2-7,12-14,17H2,1H3,(H,32,35)/t18-,24+/m0/s1. The van der Waals surface area contributed by atoms with Crippen LogP contribution in [-0.4, -0.2) is 38.4 Å². The van der Waals surface area contributed by atoms with Crippen LogP contribution in [0.1, 0.15) is 73.7 Å². The monoisotopic (exact) mass is 571 g/mol. The van der Waals surface area contributed by atoms with Crippen molar-refractivity contribution in [3.8, 4) is 0 Å². The summed E-state index contributed by atoms with van der Waals surface area (Å²) in [6.45, 7) is 4.66. The number of fused-ring (bicyclic) bond motifs is 1. The number of carbonyl (C=O) groups is 1. The zero-order valence-corrected chi connectivity index (χ0v) is 22.9. The largest absolute Gasteiger partial charge is 0.416 e. The van der Waals surface area contributed by atoms with Gasteiger partial charge in [0.1, 0.15) is 4.90 Å². The van der Waals surface area contributed by atoms with Crippen LogP contribution in [0, 0.1) is 0 Å². The van der Waals surface area contributed by atoms with Crippen molar-refractivity contribution < 1.29 is 26.4 Å². The van der Waals surface area contributed by atoms with Gasteiger partial charge in [0, 0.05) is 19.0 Å². The Labute approximate surface area is 227 Å². The molecule has 1 aliphatic carbocycles. The molecule has 1 heterocycles. The van der Waals surface area contributed by atoms with Gasteiger partial charge in [0.05, 0.1) is 16.6 Å². The molecule has 0 aromatic heterocycles. The van der Waals surface area contributed by atoms with Gasteiger partial charge in [-0.15, -0.1) is 0 Å². The molecule has 0 bridgehead atoms. The molecule has 2 aliphatic rings. The molecule has 0 spiro atoms. The van der Waals surface area contributed by atoms with E-state index in [9.17, 15) is 26.4 Å². The van der Waals surface area contributed by atoms with Crippen LogP contribution in [0.15, 0.2) is 41.3 Å². The summed E-state index contributed by atoms with van der Waals surface area (Å²) < 4.78 is 67.0. The Morgan fingerprint density at radius 1 is 1.11 bits per heavy atom. The summed E-state index contributed by atoms with van der Waals surface area (Å²) >= 11 is 5.89. The first kappa shape index (κ1) is 28.9. The maximum absolute atomic E-state index is 13.1. The molecule has 0 unspecified atom stereocenters. The van der Waals surface area contributed by atoms with Gasteiger partial charge in [-0.25, -0.2) is 13.1 Å². The van der Waals surface area contributed by atoms with E-state index >= 15 is 0 Å². The minimum atomic E-state index is -4.72. The molecule has 1 saturated heterocycles. The van der Waals surface area contributed by atoms with Crippen LogP contribution in [0.5, 0.6) is 0 Å². The van der Waals surface area contributed by atoms with Gasteiger partial charge >= 0.3 is 6.18 Å². The Kier molecular flexibility index (Phi) is 9.07. The highest BCUT2D eigenvalue weighted by atomic mass is 35.5. The lowest BCUT2D eigenvalue weighted by Gasteiger charge is -2.29. The first-order valence-electron chi connectivity index (χ1n) is 12.9. The average molecular weight is 572 g/mol. The fourth-order valence-corrected chi connectivity index (χ4v) is 7.05. The highest BCUT2D eigenvalue weighted by molar-refractivity contribution is 7.89. The van der Waals surface area contributed by atoms with Crippen molar-refractivity contribution in [2.45, 2.75) is 81.6 Å². The molecule has 0 saturated carbocycles. The zero-order valence-electron chi connectivity index (χ0n) is 21.3. The smallest absolute Gasteiger partial charge is 0.349 e. The predicted molar refractivity (Wildman–Crippen MR) is 140 cm³/mol. The van der Waals surface area contributed by atoms with Crippen LogP contribution in [0.4, 0.5) is 13.2 Å². The number of alkyl halides is 3. The van der Waals surface area contributed by atoms with E-state index in [1.807, 2.05) is 0 Å². The second-order valence-electron chi connectivity index (χ2n) is 10.3. The van der Waals surface area contributed by atoms with Gasteiger partial charge in [-0.3, -0.25) is 9.69 Å². The maximum Gasteiger partial charge on any atom is 0.416 e. The Morgan fingerprint density at radius 3 is 2.55 bits per heavy atom. The van der Waals surface area contributed by atoms with Crippen molar-refractivity contribution in [2.75, 3.05) is 13.1 Å². The van der Waals surface area contributed by atoms with E-state index in [0.717, 1.165) is 56.6 Å². The number of benzene rings is 2. The van der Waals surface area contributed by atoms with E-state index in [0.29, 0.717) is 6.07 Å². The fourth-order valence-electron chi connectivity index (χ4n) is 5.28. The number of nitrogens with one attached hydrogen (secondary N) is 2. The van der Waals surface area contributed by atoms with Gasteiger partial charge in [0.2, 0.25) is 15.9 Å². The van der Waals surface area contributed by atoms with Gasteiger partial charge in [0.15, 0.2) is 0 Å². The molecular weight excluding hydrogens is 539 g/mol. The molecular formula is C27H33ClF3N3O3S. The van der Waals surface area contributed by atoms with E-state index < -0.39 is 32.7 Å². The Bertz CT molecular complexity index is 1260. The zero-order chi connectivity index (χ0) is 27.5. The molecule has 11 heteroatoms. The molecule has 2 aromatic rings. The van der Waals surface area contributed by atoms with E-state index in [1.54, 1.807) is 0 Å². The highest BCUT2D eigenvalue weighted by Gasteiger charge is 2.33. The lowest BCUT2D eigenvalue weighted by Crippen LogP contribution is -2.39. The summed E-state index contributed by atoms with van der Waals surface area (Å²) in [5.74, 6) is -0.342. The Hall–Kier alpha value is -2.14. The van der Waals surface area contributed by atoms with Crippen LogP contribution in [0.2, 0.25) is 5.02 Å². The van der Waals surface area contributed by atoms with Crippen LogP contribution >= 0.6 is 11.6 Å². The van der Waals surface area contributed by atoms with E-state index in [4.69, 9.17) is 11.6 Å². The molecule has 0 radical (unpaired) electrons. The maximum atomic E-state index is 13.1. The van der Waals surface area contributed by atoms with Crippen molar-refractivity contribution in [2.24, 2.45) is 0 Å². The molecule has 2 N–H and O–H groups in total. The third-order valence-electron chi connectivity index (χ3n) is 7.11. The number of hydrogen-bond acceptors (Lipinski definition) is 4. The molecule has 2 atom stereocenters. The first-order valence-corrected chi connectivity index (χ1v) is 14.8. The van der Waals surface area contributed by atoms with Gasteiger partial charge in [0.25, 0.3) is 0 Å². The van der Waals surface area contributed by atoms with Crippen LogP contribution in [0.3, 0.4) is 0 Å². The van der Waals surface area contributed by atoms with Crippen LogP contribution < -0.4 is 10.0 Å². The van der Waals surface area contributed by atoms with Crippen molar-refractivity contribution >= 4 is 27.5 Å². The topological polar surface area (TPSA) is 78.5 Å². The van der Waals surface area contributed by atoms with Gasteiger partial charge in [-0.05, 0) is 87.0 Å². The molecule has 1 fully saturated rings. The van der Waals surface area contributed by atoms with Crippen molar-refractivity contribution in [3.05, 3.63) is 63.7 Å². The number of halogens is 4. The fraction of sp³-hybridized carbons (Fsp3) is 0.519. The number of hydrogen-bond donors (Lipinski definition) is 2. The van der Waals surface area contributed by atoms with Crippen molar-refractivity contribution in [1.82, 2.24) is 14.9 Å². The Balaban J connectivity index is 1.37. The lowest BCUT2D eigenvalue weighted by atomic mass is 9.86. The second-order valence-corrected chi connectivity index (χ2v) is 12.3. The molecule has 208 valence electrons. The summed E-state index contributed by atoms with van der Waals surface area (Å²) in [6, 6.07) is 7.52. The van der Waals surface area contributed by atoms with Gasteiger partial charge in [-0.2, -0.15) is 13.2 Å². The normalized spacial score (nSPS) is 19.6. The number of sulfonamides is 1. The quantitative estimate of drug-likeness (QED) is 0.433. The second kappa shape index (κ2) is 11.9. The first-order chi connectivity index (χ1) is 17.9. The van der Waals surface area contributed by atoms with Crippen molar-refractivity contribution in [1.29, 1.82) is 0 Å². The predicted octanol–water partition coefficient (Wildman–Crippen LogP) is 5.60. The Morgan fingerprint density at radius 2 is 1.84 bits per heavy atom. The van der Waals surface area contributed by atoms with Crippen LogP contribution in [0.25, 0.3) is 0 Å². The average Bonchev–Trinajstić information content (AvgIpc) is 2.83. The molecule has 2 aromatic carbocycles. The molecule has 38 heavy (non-hydrogen) atoms. The van der Waals surface area contributed by atoms with Gasteiger partial charge < -0.3 is 5.32 Å². The minimum Gasteiger partial charge on any atom is -0.349 e. The number of carbonyl (C=O) groups excluding carboxylic acids is 1. The SMILES string of the molecule is C[C@@H](CC(=O)N[C@@H]1CCCc2cc(CN3CCCCC3)ccc21)NS(=O)(=O)c1cc(C(F)(F)F)ccc1Cl. The number of nitrogens with zero attached hydrogens (tertiary/aromatic N) is 1. The minimum absolute atomic E-state index is 0.169. The third-order valence-corrected chi connectivity index (χ3v) is 9.18. The summed E-state index contributed by atoms with van der Waals surface area (Å²) in [5.41, 5.74) is 2.46. The lowest BCUT2D eigenvalue weighted by molar-refractivity contribution is -0.137.